The molecule has 7 aliphatic rings. The summed E-state index contributed by atoms with van der Waals surface area (Å²) in [5.74, 6) is -12.1. The van der Waals surface area contributed by atoms with Gasteiger partial charge in [-0.25, -0.2) is 0 Å². The van der Waals surface area contributed by atoms with E-state index < -0.39 is 260 Å². The molecule has 0 aliphatic carbocycles. The predicted molar refractivity (Wildman–Crippen MR) is 237 cm³/mol. The molecule has 0 aromatic carbocycles. The minimum atomic E-state index is -2.79. The average molecular weight is 1130 g/mol. The van der Waals surface area contributed by atoms with Gasteiger partial charge >= 0.3 is 0 Å². The van der Waals surface area contributed by atoms with Crippen molar-refractivity contribution < 1.29 is 175 Å². The second-order valence-electron chi connectivity index (χ2n) is 17.5. The molecule has 0 amide bonds. The quantitative estimate of drug-likeness (QED) is 0.0913. The molecule has 35 nitrogen and oxygen atoms in total. The van der Waals surface area contributed by atoms with Gasteiger partial charge in [-0.15, -0.1) is 0 Å². The summed E-state index contributed by atoms with van der Waals surface area (Å²) in [6, 6.07) is 0. The van der Waals surface area contributed by atoms with Crippen LogP contribution in [0, 0.1) is 0 Å². The van der Waals surface area contributed by atoms with E-state index in [-0.39, 0.29) is 0 Å². The van der Waals surface area contributed by atoms with Gasteiger partial charge in [0, 0.05) is 52.1 Å². The maximum Gasteiger partial charge on any atom is 0.218 e. The lowest BCUT2D eigenvalue weighted by Gasteiger charge is -2.43. The van der Waals surface area contributed by atoms with Gasteiger partial charge in [0.1, 0.15) is 97.7 Å². The molecule has 23 atom stereocenters. The first-order chi connectivity index (χ1) is 36.4. The standard InChI is InChI=1S/C42H70O35/c43-5-1-12-19(50)27(58)37(65)75-33-16(9-47)73-41(31(62)23(33)54)70-14(3-7-45)21(52)29(60)39(67)77-35-18(11-49)74-42(32(63)25(35)56)71-15(4-8-46)22(53)28(59)38(66)76-34-17(10-48)72-40(30(61)24(34)55)69-13(2-6-44)20(51)26(57)36(64)68-12/h12-18,23-25,30-67H,1-11H2/b26-20-,27-19-,28-22-,29-21-/t12-,13-,14-,15-,16?,17?,18?,23?,24?,25?,30?,31?,32?,33-,34-,35-,36+,37-,38+,39-,40-,41+,42+/m1/s1. The summed E-state index contributed by atoms with van der Waals surface area (Å²) in [5, 5.41) is 266. The summed E-state index contributed by atoms with van der Waals surface area (Å²) in [6.07, 6.45) is -54.9. The minimum Gasteiger partial charge on any atom is -0.506 e. The van der Waals surface area contributed by atoms with Gasteiger partial charge < -0.3 is 175 Å². The smallest absolute Gasteiger partial charge is 0.218 e. The molecule has 6 bridgehead atoms. The van der Waals surface area contributed by atoms with E-state index in [1.165, 1.54) is 0 Å². The second kappa shape index (κ2) is 30.2. The van der Waals surface area contributed by atoms with E-state index in [0.717, 1.165) is 0 Å². The van der Waals surface area contributed by atoms with Crippen LogP contribution in [0.1, 0.15) is 25.7 Å². The maximum absolute atomic E-state index is 11.1. The van der Waals surface area contributed by atoms with Crippen LogP contribution >= 0.6 is 0 Å². The molecule has 3 saturated heterocycles. The monoisotopic (exact) mass is 1130 g/mol. The van der Waals surface area contributed by atoms with Crippen LogP contribution in [0.15, 0.2) is 46.1 Å². The fourth-order valence-electron chi connectivity index (χ4n) is 8.06. The van der Waals surface area contributed by atoms with Gasteiger partial charge in [-0.05, 0) is 0 Å². The average Bonchev–Trinajstić information content (AvgIpc) is 3.41. The Morgan fingerprint density at radius 2 is 0.455 bits per heavy atom. The van der Waals surface area contributed by atoms with Gasteiger partial charge in [0.25, 0.3) is 0 Å². The van der Waals surface area contributed by atoms with Gasteiger partial charge in [-0.1, -0.05) is 0 Å². The SMILES string of the molecule is OCC[C@H]1O[C@H]2OC(CO)[C@@H](O[C@@H](O)/C(O)=C(/O)[C@@H](CCO)O[C@H](O)/C(O)=C(/O)[C@@H](CCO)O[C@@H]3OC(CO)[C@@H](O[C@H](O)/C(O)=C(/O)[C@@H](CCO)O[C@H]4OC(CO)[C@@H](O[C@@H](O)/C(O)=C\1O)C(O)C4O)C(O)C3O)C(O)C2O. The first-order valence-corrected chi connectivity index (χ1v) is 23.5. The van der Waals surface area contributed by atoms with Gasteiger partial charge in [0.2, 0.25) is 25.2 Å². The van der Waals surface area contributed by atoms with Crippen LogP contribution in [0.4, 0.5) is 0 Å². The van der Waals surface area contributed by atoms with Crippen LogP contribution < -0.4 is 0 Å². The maximum atomic E-state index is 11.1. The predicted octanol–water partition coefficient (Wildman–Crippen LogP) is -8.87. The lowest BCUT2D eigenvalue weighted by Crippen LogP contribution is -2.61. The Kier molecular flexibility index (Phi) is 25.8. The molecule has 7 rings (SSSR count). The van der Waals surface area contributed by atoms with E-state index in [9.17, 15) is 128 Å². The highest BCUT2D eigenvalue weighted by Crippen LogP contribution is 2.34. The largest absolute Gasteiger partial charge is 0.506 e. The Morgan fingerprint density at radius 3 is 0.662 bits per heavy atom. The zero-order valence-electron chi connectivity index (χ0n) is 40.3. The van der Waals surface area contributed by atoms with Gasteiger partial charge in [-0.2, -0.15) is 0 Å². The van der Waals surface area contributed by atoms with Crippen LogP contribution in [0.5, 0.6) is 0 Å². The zero-order valence-corrected chi connectivity index (χ0v) is 40.3. The third kappa shape index (κ3) is 15.8. The summed E-state index contributed by atoms with van der Waals surface area (Å²) in [6.45, 7) is -7.16. The van der Waals surface area contributed by atoms with E-state index in [2.05, 4.69) is 0 Å². The van der Waals surface area contributed by atoms with E-state index in [4.69, 9.17) is 47.4 Å². The van der Waals surface area contributed by atoms with Crippen molar-refractivity contribution in [2.24, 2.45) is 0 Å². The fraction of sp³-hybridized carbons (Fsp3) is 0.810. The highest BCUT2D eigenvalue weighted by Gasteiger charge is 2.52. The number of aliphatic hydroxyl groups is 25. The molecule has 0 aromatic heterocycles. The Labute approximate surface area is 434 Å². The van der Waals surface area contributed by atoms with Gasteiger partial charge in [0.05, 0.1) is 19.8 Å². The fourth-order valence-corrected chi connectivity index (χ4v) is 8.06. The summed E-state index contributed by atoms with van der Waals surface area (Å²) < 4.78 is 53.4. The van der Waals surface area contributed by atoms with Crippen LogP contribution in [0.25, 0.3) is 0 Å². The molecule has 448 valence electrons. The van der Waals surface area contributed by atoms with Crippen molar-refractivity contribution in [2.45, 2.75) is 167 Å². The van der Waals surface area contributed by atoms with Crippen molar-refractivity contribution >= 4 is 0 Å². The van der Waals surface area contributed by atoms with E-state index in [1.807, 2.05) is 0 Å². The van der Waals surface area contributed by atoms with Crippen molar-refractivity contribution in [2.75, 3.05) is 46.2 Å². The number of ether oxygens (including phenoxy) is 10. The summed E-state index contributed by atoms with van der Waals surface area (Å²) >= 11 is 0. The molecule has 25 N–H and O–H groups in total. The minimum absolute atomic E-state index is 0.726. The molecular weight excluding hydrogens is 1060 g/mol. The highest BCUT2D eigenvalue weighted by molar-refractivity contribution is 5.13. The van der Waals surface area contributed by atoms with Crippen molar-refractivity contribution in [3.63, 3.8) is 0 Å². The number of fused-ring (bicyclic) bond motifs is 3. The molecule has 0 spiro atoms. The van der Waals surface area contributed by atoms with Crippen molar-refractivity contribution in [3.05, 3.63) is 46.1 Å². The molecule has 9 unspecified atom stereocenters. The molecule has 7 heterocycles. The lowest BCUT2D eigenvalue weighted by molar-refractivity contribution is -0.332. The topological polar surface area (TPSA) is 598 Å². The zero-order chi connectivity index (χ0) is 57.7. The number of rotatable bonds is 11. The Morgan fingerprint density at radius 1 is 0.247 bits per heavy atom. The molecule has 0 saturated carbocycles. The Hall–Kier alpha value is -3.72. The van der Waals surface area contributed by atoms with Crippen LogP contribution in [0.2, 0.25) is 0 Å². The normalized spacial score (nSPS) is 45.4. The van der Waals surface area contributed by atoms with Crippen molar-refractivity contribution in [1.82, 2.24) is 0 Å². The van der Waals surface area contributed by atoms with E-state index in [1.54, 1.807) is 0 Å². The third-order valence-electron chi connectivity index (χ3n) is 12.3. The van der Waals surface area contributed by atoms with E-state index in [0.29, 0.717) is 0 Å². The molecule has 7 aliphatic heterocycles. The highest BCUT2D eigenvalue weighted by atomic mass is 16.7. The van der Waals surface area contributed by atoms with Gasteiger partial charge in [0.15, 0.2) is 64.9 Å². The Bertz CT molecular complexity index is 1930. The van der Waals surface area contributed by atoms with Gasteiger partial charge in [-0.3, -0.25) is 0 Å². The van der Waals surface area contributed by atoms with E-state index >= 15 is 0 Å². The first-order valence-electron chi connectivity index (χ1n) is 23.5. The number of hydrogen-bond acceptors (Lipinski definition) is 35. The summed E-state index contributed by atoms with van der Waals surface area (Å²) in [7, 11) is 0. The molecule has 35 heteroatoms. The summed E-state index contributed by atoms with van der Waals surface area (Å²) in [5.41, 5.74) is 0. The Balaban J connectivity index is 1.79. The molecule has 3 fully saturated rings. The van der Waals surface area contributed by atoms with Crippen LogP contribution in [0.3, 0.4) is 0 Å². The second-order valence-corrected chi connectivity index (χ2v) is 17.5. The van der Waals surface area contributed by atoms with Crippen LogP contribution in [-0.2, 0) is 47.4 Å². The summed E-state index contributed by atoms with van der Waals surface area (Å²) in [4.78, 5) is 0. The lowest BCUT2D eigenvalue weighted by atomic mass is 9.98. The third-order valence-corrected chi connectivity index (χ3v) is 12.3. The van der Waals surface area contributed by atoms with Crippen LogP contribution in [-0.4, -0.2) is 316 Å². The van der Waals surface area contributed by atoms with Crippen molar-refractivity contribution in [3.8, 4) is 0 Å². The molecular formula is C42H70O35. The molecule has 0 aromatic rings. The van der Waals surface area contributed by atoms with Crippen molar-refractivity contribution in [1.29, 1.82) is 0 Å². The molecule has 0 radical (unpaired) electrons. The number of aliphatic hydroxyl groups excluding tert-OH is 25. The first kappa shape index (κ1) is 65.8. The molecule has 77 heavy (non-hydrogen) atoms. The number of hydrogen-bond donors (Lipinski definition) is 25.